The second kappa shape index (κ2) is 5.92. The van der Waals surface area contributed by atoms with Crippen molar-refractivity contribution < 1.29 is 19.4 Å². The van der Waals surface area contributed by atoms with Crippen LogP contribution in [0.3, 0.4) is 0 Å². The van der Waals surface area contributed by atoms with Crippen molar-refractivity contribution in [3.8, 4) is 0 Å². The summed E-state index contributed by atoms with van der Waals surface area (Å²) < 4.78 is 5.80. The number of piperidine rings is 1. The minimum absolute atomic E-state index is 0.0212. The smallest absolute Gasteiger partial charge is 0.407 e. The highest BCUT2D eigenvalue weighted by atomic mass is 16.5. The summed E-state index contributed by atoms with van der Waals surface area (Å²) in [4.78, 5) is 27.0. The molecule has 8 nitrogen and oxygen atoms in total. The molecule has 3 aliphatic rings. The zero-order chi connectivity index (χ0) is 16.7. The van der Waals surface area contributed by atoms with Crippen LogP contribution in [0, 0.1) is 0 Å². The van der Waals surface area contributed by atoms with Crippen LogP contribution in [-0.4, -0.2) is 83.5 Å². The molecule has 0 aromatic rings. The fourth-order valence-corrected chi connectivity index (χ4v) is 3.91. The van der Waals surface area contributed by atoms with E-state index < -0.39 is 11.8 Å². The Morgan fingerprint density at radius 2 is 2.04 bits per heavy atom. The summed E-state index contributed by atoms with van der Waals surface area (Å²) in [5.74, 6) is -0.145. The lowest BCUT2D eigenvalue weighted by Gasteiger charge is -2.45. The van der Waals surface area contributed by atoms with Crippen LogP contribution in [0.1, 0.15) is 26.7 Å². The van der Waals surface area contributed by atoms with E-state index in [1.807, 2.05) is 18.7 Å². The molecule has 23 heavy (non-hydrogen) atoms. The Morgan fingerprint density at radius 3 is 2.65 bits per heavy atom. The van der Waals surface area contributed by atoms with Crippen LogP contribution < -0.4 is 10.6 Å². The van der Waals surface area contributed by atoms with E-state index in [2.05, 4.69) is 10.6 Å². The van der Waals surface area contributed by atoms with E-state index in [9.17, 15) is 14.7 Å². The largest absolute Gasteiger partial charge is 0.465 e. The molecule has 1 unspecified atom stereocenters. The molecule has 0 saturated carbocycles. The van der Waals surface area contributed by atoms with Crippen LogP contribution in [0.2, 0.25) is 0 Å². The summed E-state index contributed by atoms with van der Waals surface area (Å²) in [6.07, 6.45) is 0.809. The highest BCUT2D eigenvalue weighted by Crippen LogP contribution is 2.36. The van der Waals surface area contributed by atoms with Crippen molar-refractivity contribution in [2.24, 2.45) is 0 Å². The zero-order valence-electron chi connectivity index (χ0n) is 13.8. The number of carboxylic acid groups (broad SMARTS) is 1. The number of hydrogen-bond acceptors (Lipinski definition) is 5. The van der Waals surface area contributed by atoms with Crippen LogP contribution in [0.5, 0.6) is 0 Å². The standard InChI is InChI=1S/C15H26N4O4/c1-11(2)23-10-15-9-18(13(21)22)7-12(20)19(15)8-14(17-15)3-5-16-6-4-14/h11,16-17H,3-10H2,1-2H3,(H,21,22). The Hall–Kier alpha value is -1.38. The minimum atomic E-state index is -1.06. The number of nitrogens with one attached hydrogen (secondary N) is 2. The molecule has 1 spiro atoms. The van der Waals surface area contributed by atoms with Gasteiger partial charge in [-0.25, -0.2) is 4.79 Å². The predicted molar refractivity (Wildman–Crippen MR) is 83.1 cm³/mol. The van der Waals surface area contributed by atoms with Gasteiger partial charge >= 0.3 is 6.09 Å². The van der Waals surface area contributed by atoms with Crippen LogP contribution in [-0.2, 0) is 9.53 Å². The van der Waals surface area contributed by atoms with Gasteiger partial charge in [0, 0.05) is 12.1 Å². The van der Waals surface area contributed by atoms with Gasteiger partial charge in [-0.1, -0.05) is 0 Å². The van der Waals surface area contributed by atoms with Crippen molar-refractivity contribution in [1.82, 2.24) is 20.4 Å². The Kier molecular flexibility index (Phi) is 4.24. The van der Waals surface area contributed by atoms with Crippen LogP contribution in [0.25, 0.3) is 0 Å². The van der Waals surface area contributed by atoms with Crippen molar-refractivity contribution in [1.29, 1.82) is 0 Å². The third-order valence-electron chi connectivity index (χ3n) is 5.04. The van der Waals surface area contributed by atoms with Crippen LogP contribution >= 0.6 is 0 Å². The van der Waals surface area contributed by atoms with E-state index in [4.69, 9.17) is 4.74 Å². The Morgan fingerprint density at radius 1 is 1.35 bits per heavy atom. The van der Waals surface area contributed by atoms with Gasteiger partial charge in [-0.2, -0.15) is 0 Å². The molecule has 3 saturated heterocycles. The molecule has 1 atom stereocenters. The van der Waals surface area contributed by atoms with Gasteiger partial charge in [-0.05, 0) is 39.8 Å². The lowest BCUT2D eigenvalue weighted by Crippen LogP contribution is -2.70. The van der Waals surface area contributed by atoms with E-state index in [0.717, 1.165) is 25.9 Å². The zero-order valence-corrected chi connectivity index (χ0v) is 13.8. The topological polar surface area (TPSA) is 94.1 Å². The van der Waals surface area contributed by atoms with Crippen molar-refractivity contribution in [2.75, 3.05) is 39.3 Å². The number of rotatable bonds is 3. The first-order valence-electron chi connectivity index (χ1n) is 8.26. The van der Waals surface area contributed by atoms with Crippen molar-refractivity contribution >= 4 is 12.0 Å². The molecule has 0 bridgehead atoms. The van der Waals surface area contributed by atoms with Gasteiger partial charge in [0.25, 0.3) is 0 Å². The summed E-state index contributed by atoms with van der Waals surface area (Å²) in [7, 11) is 0. The first kappa shape index (κ1) is 16.5. The number of nitrogens with zero attached hydrogens (tertiary/aromatic N) is 2. The molecule has 3 aliphatic heterocycles. The second-order valence-electron chi connectivity index (χ2n) is 7.17. The lowest BCUT2D eigenvalue weighted by atomic mass is 9.89. The van der Waals surface area contributed by atoms with Gasteiger partial charge in [-0.15, -0.1) is 0 Å². The van der Waals surface area contributed by atoms with Gasteiger partial charge in [0.15, 0.2) is 0 Å². The van der Waals surface area contributed by atoms with Crippen LogP contribution in [0.15, 0.2) is 0 Å². The van der Waals surface area contributed by atoms with E-state index >= 15 is 0 Å². The molecule has 0 aromatic heterocycles. The van der Waals surface area contributed by atoms with Gasteiger partial charge in [0.05, 0.1) is 19.3 Å². The molecule has 3 rings (SSSR count). The van der Waals surface area contributed by atoms with Gasteiger partial charge in [-0.3, -0.25) is 15.0 Å². The quantitative estimate of drug-likeness (QED) is 0.657. The predicted octanol–water partition coefficient (Wildman–Crippen LogP) is -0.345. The van der Waals surface area contributed by atoms with E-state index in [-0.39, 0.29) is 30.6 Å². The molecule has 0 aromatic carbocycles. The van der Waals surface area contributed by atoms with Gasteiger partial charge in [0.1, 0.15) is 12.2 Å². The molecule has 2 amide bonds. The van der Waals surface area contributed by atoms with E-state index in [1.165, 1.54) is 4.90 Å². The summed E-state index contributed by atoms with van der Waals surface area (Å²) in [6, 6.07) is 0. The number of fused-ring (bicyclic) bond motifs is 1. The van der Waals surface area contributed by atoms with Crippen molar-refractivity contribution in [2.45, 2.75) is 44.0 Å². The van der Waals surface area contributed by atoms with Crippen LogP contribution in [0.4, 0.5) is 4.79 Å². The summed E-state index contributed by atoms with van der Waals surface area (Å²) in [5.41, 5.74) is -0.898. The van der Waals surface area contributed by atoms with E-state index in [0.29, 0.717) is 13.2 Å². The molecule has 8 heteroatoms. The normalized spacial score (nSPS) is 30.1. The second-order valence-corrected chi connectivity index (χ2v) is 7.17. The fourth-order valence-electron chi connectivity index (χ4n) is 3.91. The molecule has 0 aliphatic carbocycles. The Bertz CT molecular complexity index is 492. The molecule has 0 radical (unpaired) electrons. The number of carbonyl (C=O) groups is 2. The average molecular weight is 326 g/mol. The minimum Gasteiger partial charge on any atom is -0.465 e. The number of carbonyl (C=O) groups excluding carboxylic acids is 1. The highest BCUT2D eigenvalue weighted by Gasteiger charge is 2.58. The maximum atomic E-state index is 12.6. The monoisotopic (exact) mass is 326 g/mol. The Labute approximate surface area is 136 Å². The maximum absolute atomic E-state index is 12.6. The molecule has 3 heterocycles. The summed E-state index contributed by atoms with van der Waals surface area (Å²) >= 11 is 0. The average Bonchev–Trinajstić information content (AvgIpc) is 2.81. The lowest BCUT2D eigenvalue weighted by molar-refractivity contribution is -0.148. The summed E-state index contributed by atoms with van der Waals surface area (Å²) in [5, 5.41) is 16.3. The summed E-state index contributed by atoms with van der Waals surface area (Å²) in [6.45, 7) is 6.78. The first-order valence-corrected chi connectivity index (χ1v) is 8.26. The number of amides is 2. The molecular formula is C15H26N4O4. The third-order valence-corrected chi connectivity index (χ3v) is 5.04. The maximum Gasteiger partial charge on any atom is 0.407 e. The van der Waals surface area contributed by atoms with Crippen molar-refractivity contribution in [3.63, 3.8) is 0 Å². The SMILES string of the molecule is CC(C)OCC12CN(C(=O)O)CC(=O)N1CC1(CCNCC1)N2. The molecule has 3 fully saturated rings. The Balaban J connectivity index is 1.88. The third kappa shape index (κ3) is 3.02. The molecular weight excluding hydrogens is 300 g/mol. The van der Waals surface area contributed by atoms with Gasteiger partial charge < -0.3 is 20.1 Å². The highest BCUT2D eigenvalue weighted by molar-refractivity contribution is 5.84. The number of ether oxygens (including phenoxy) is 1. The van der Waals surface area contributed by atoms with Crippen molar-refractivity contribution in [3.05, 3.63) is 0 Å². The molecule has 3 N–H and O–H groups in total. The molecule has 130 valence electrons. The fraction of sp³-hybridized carbons (Fsp3) is 0.867. The first-order chi connectivity index (χ1) is 10.9. The van der Waals surface area contributed by atoms with Gasteiger partial charge in [0.2, 0.25) is 5.91 Å². The van der Waals surface area contributed by atoms with E-state index in [1.54, 1.807) is 0 Å². The number of hydrogen-bond donors (Lipinski definition) is 3. The number of piperazine rings is 1.